The molecule has 2 atom stereocenters. The summed E-state index contributed by atoms with van der Waals surface area (Å²) in [4.78, 5) is 25.0. The zero-order valence-corrected chi connectivity index (χ0v) is 12.8. The number of ether oxygens (including phenoxy) is 2. The first-order chi connectivity index (χ1) is 9.23. The van der Waals surface area contributed by atoms with Crippen LogP contribution in [0.3, 0.4) is 0 Å². The summed E-state index contributed by atoms with van der Waals surface area (Å²) in [6.07, 6.45) is 0.670. The van der Waals surface area contributed by atoms with Gasteiger partial charge in [0.1, 0.15) is 5.60 Å². The van der Waals surface area contributed by atoms with E-state index < -0.39 is 5.60 Å². The SMILES string of the molecule is CCOC(=O)C[C@H](N)[C@H]1CCN(C(=O)OC(C)(C)C)C1. The summed E-state index contributed by atoms with van der Waals surface area (Å²) in [5.74, 6) is -0.164. The summed E-state index contributed by atoms with van der Waals surface area (Å²) < 4.78 is 10.2. The van der Waals surface area contributed by atoms with Crippen molar-refractivity contribution in [3.8, 4) is 0 Å². The Morgan fingerprint density at radius 1 is 1.40 bits per heavy atom. The monoisotopic (exact) mass is 286 g/mol. The molecule has 1 rings (SSSR count). The van der Waals surface area contributed by atoms with Crippen molar-refractivity contribution in [2.45, 2.75) is 52.2 Å². The fourth-order valence-corrected chi connectivity index (χ4v) is 2.21. The molecule has 0 aliphatic carbocycles. The van der Waals surface area contributed by atoms with Gasteiger partial charge in [0.15, 0.2) is 0 Å². The molecule has 1 aliphatic heterocycles. The van der Waals surface area contributed by atoms with Crippen LogP contribution in [0, 0.1) is 5.92 Å². The lowest BCUT2D eigenvalue weighted by Crippen LogP contribution is -2.38. The van der Waals surface area contributed by atoms with Crippen molar-refractivity contribution in [3.63, 3.8) is 0 Å². The van der Waals surface area contributed by atoms with E-state index >= 15 is 0 Å². The molecule has 0 radical (unpaired) electrons. The Balaban J connectivity index is 2.42. The summed E-state index contributed by atoms with van der Waals surface area (Å²) >= 11 is 0. The first-order valence-corrected chi connectivity index (χ1v) is 7.12. The Kier molecular flexibility index (Phi) is 5.80. The summed E-state index contributed by atoms with van der Waals surface area (Å²) in [6, 6.07) is -0.276. The van der Waals surface area contributed by atoms with Crippen LogP contribution in [0.2, 0.25) is 0 Å². The second-order valence-electron chi connectivity index (χ2n) is 6.15. The van der Waals surface area contributed by atoms with Gasteiger partial charge in [0.2, 0.25) is 0 Å². The van der Waals surface area contributed by atoms with Crippen LogP contribution in [-0.4, -0.2) is 48.3 Å². The number of hydrogen-bond donors (Lipinski definition) is 1. The van der Waals surface area contributed by atoms with Gasteiger partial charge in [-0.2, -0.15) is 0 Å². The lowest BCUT2D eigenvalue weighted by atomic mass is 9.97. The zero-order valence-electron chi connectivity index (χ0n) is 12.8. The molecule has 1 aliphatic rings. The number of nitrogens with zero attached hydrogens (tertiary/aromatic N) is 1. The van der Waals surface area contributed by atoms with Crippen LogP contribution < -0.4 is 5.73 Å². The largest absolute Gasteiger partial charge is 0.466 e. The van der Waals surface area contributed by atoms with Crippen molar-refractivity contribution in [3.05, 3.63) is 0 Å². The number of esters is 1. The van der Waals surface area contributed by atoms with Gasteiger partial charge in [0.25, 0.3) is 0 Å². The van der Waals surface area contributed by atoms with E-state index in [1.54, 1.807) is 11.8 Å². The third kappa shape index (κ3) is 5.36. The number of carbonyl (C=O) groups is 2. The molecule has 0 aromatic heterocycles. The Hall–Kier alpha value is -1.30. The van der Waals surface area contributed by atoms with E-state index in [1.807, 2.05) is 20.8 Å². The van der Waals surface area contributed by atoms with Gasteiger partial charge in [-0.05, 0) is 40.0 Å². The molecule has 1 fully saturated rings. The van der Waals surface area contributed by atoms with Crippen LogP contribution in [0.5, 0.6) is 0 Å². The molecule has 0 bridgehead atoms. The molecular formula is C14H26N2O4. The number of likely N-dealkylation sites (tertiary alicyclic amines) is 1. The highest BCUT2D eigenvalue weighted by molar-refractivity contribution is 5.70. The summed E-state index contributed by atoms with van der Waals surface area (Å²) in [5.41, 5.74) is 5.52. The van der Waals surface area contributed by atoms with Gasteiger partial charge >= 0.3 is 12.1 Å². The average molecular weight is 286 g/mol. The maximum Gasteiger partial charge on any atom is 0.410 e. The summed E-state index contributed by atoms with van der Waals surface area (Å²) in [5, 5.41) is 0. The van der Waals surface area contributed by atoms with Crippen molar-refractivity contribution in [1.82, 2.24) is 4.90 Å². The molecule has 0 spiro atoms. The standard InChI is InChI=1S/C14H26N2O4/c1-5-19-12(17)8-11(15)10-6-7-16(9-10)13(18)20-14(2,3)4/h10-11H,5-9,15H2,1-4H3/t10-,11-/m0/s1. The van der Waals surface area contributed by atoms with Gasteiger partial charge in [-0.3, -0.25) is 4.79 Å². The zero-order chi connectivity index (χ0) is 15.3. The number of carbonyl (C=O) groups excluding carboxylic acids is 2. The van der Waals surface area contributed by atoms with Gasteiger partial charge in [0.05, 0.1) is 13.0 Å². The van der Waals surface area contributed by atoms with Crippen LogP contribution >= 0.6 is 0 Å². The Morgan fingerprint density at radius 2 is 2.05 bits per heavy atom. The van der Waals surface area contributed by atoms with Crippen LogP contribution in [0.25, 0.3) is 0 Å². The number of rotatable bonds is 4. The molecule has 6 nitrogen and oxygen atoms in total. The van der Waals surface area contributed by atoms with E-state index in [1.165, 1.54) is 0 Å². The van der Waals surface area contributed by atoms with E-state index in [0.29, 0.717) is 19.7 Å². The topological polar surface area (TPSA) is 81.9 Å². The molecule has 116 valence electrons. The van der Waals surface area contributed by atoms with Gasteiger partial charge in [-0.1, -0.05) is 0 Å². The first kappa shape index (κ1) is 16.8. The molecule has 20 heavy (non-hydrogen) atoms. The first-order valence-electron chi connectivity index (χ1n) is 7.12. The number of amides is 1. The van der Waals surface area contributed by atoms with Gasteiger partial charge < -0.3 is 20.1 Å². The lowest BCUT2D eigenvalue weighted by Gasteiger charge is -2.25. The normalized spacial score (nSPS) is 20.6. The molecule has 1 heterocycles. The Morgan fingerprint density at radius 3 is 2.60 bits per heavy atom. The summed E-state index contributed by atoms with van der Waals surface area (Å²) in [7, 11) is 0. The van der Waals surface area contributed by atoms with Crippen molar-refractivity contribution in [1.29, 1.82) is 0 Å². The maximum absolute atomic E-state index is 11.9. The van der Waals surface area contributed by atoms with E-state index in [-0.39, 0.29) is 30.4 Å². The molecule has 0 aromatic rings. The van der Waals surface area contributed by atoms with Crippen molar-refractivity contribution in [2.24, 2.45) is 11.7 Å². The quantitative estimate of drug-likeness (QED) is 0.792. The Bertz CT molecular complexity index is 352. The molecule has 0 unspecified atom stereocenters. The average Bonchev–Trinajstić information content (AvgIpc) is 2.75. The fraction of sp³-hybridized carbons (Fsp3) is 0.857. The molecule has 1 amide bonds. The van der Waals surface area contributed by atoms with Crippen LogP contribution in [0.1, 0.15) is 40.5 Å². The van der Waals surface area contributed by atoms with Crippen LogP contribution in [-0.2, 0) is 14.3 Å². The maximum atomic E-state index is 11.9. The van der Waals surface area contributed by atoms with Gasteiger partial charge in [-0.25, -0.2) is 4.79 Å². The predicted molar refractivity (Wildman–Crippen MR) is 75.1 cm³/mol. The van der Waals surface area contributed by atoms with Crippen LogP contribution in [0.15, 0.2) is 0 Å². The second-order valence-corrected chi connectivity index (χ2v) is 6.15. The smallest absolute Gasteiger partial charge is 0.410 e. The van der Waals surface area contributed by atoms with E-state index in [4.69, 9.17) is 15.2 Å². The minimum atomic E-state index is -0.498. The lowest BCUT2D eigenvalue weighted by molar-refractivity contribution is -0.143. The Labute approximate surface area is 120 Å². The van der Waals surface area contributed by atoms with Crippen molar-refractivity contribution < 1.29 is 19.1 Å². The van der Waals surface area contributed by atoms with Crippen molar-refractivity contribution >= 4 is 12.1 Å². The van der Waals surface area contributed by atoms with E-state index in [9.17, 15) is 9.59 Å². The highest BCUT2D eigenvalue weighted by atomic mass is 16.6. The van der Waals surface area contributed by atoms with Gasteiger partial charge in [0, 0.05) is 19.1 Å². The molecule has 0 saturated carbocycles. The highest BCUT2D eigenvalue weighted by Gasteiger charge is 2.33. The van der Waals surface area contributed by atoms with Crippen LogP contribution in [0.4, 0.5) is 4.79 Å². The van der Waals surface area contributed by atoms with E-state index in [0.717, 1.165) is 6.42 Å². The number of nitrogens with two attached hydrogens (primary N) is 1. The third-order valence-electron chi connectivity index (χ3n) is 3.19. The minimum Gasteiger partial charge on any atom is -0.466 e. The number of hydrogen-bond acceptors (Lipinski definition) is 5. The molecular weight excluding hydrogens is 260 g/mol. The highest BCUT2D eigenvalue weighted by Crippen LogP contribution is 2.22. The minimum absolute atomic E-state index is 0.118. The summed E-state index contributed by atoms with van der Waals surface area (Å²) in [6.45, 7) is 8.80. The predicted octanol–water partition coefficient (Wildman–Crippen LogP) is 1.52. The van der Waals surface area contributed by atoms with Crippen molar-refractivity contribution in [2.75, 3.05) is 19.7 Å². The second kappa shape index (κ2) is 6.92. The molecule has 2 N–H and O–H groups in total. The van der Waals surface area contributed by atoms with Gasteiger partial charge in [-0.15, -0.1) is 0 Å². The molecule has 0 aromatic carbocycles. The van der Waals surface area contributed by atoms with E-state index in [2.05, 4.69) is 0 Å². The molecule has 6 heteroatoms. The third-order valence-corrected chi connectivity index (χ3v) is 3.19. The fourth-order valence-electron chi connectivity index (χ4n) is 2.21. The molecule has 1 saturated heterocycles.